The number of amides is 1. The van der Waals surface area contributed by atoms with Gasteiger partial charge in [0.1, 0.15) is 0 Å². The normalized spacial score (nSPS) is 13.7. The summed E-state index contributed by atoms with van der Waals surface area (Å²) in [5.41, 5.74) is 2.54. The predicted molar refractivity (Wildman–Crippen MR) is 120 cm³/mol. The molecule has 0 radical (unpaired) electrons. The Bertz CT molecular complexity index is 1020. The molecular formula is C20H18BrClN4O2S. The second kappa shape index (κ2) is 9.19. The largest absolute Gasteiger partial charge is 0.411 e. The van der Waals surface area contributed by atoms with Gasteiger partial charge in [-0.3, -0.25) is 4.79 Å². The van der Waals surface area contributed by atoms with Crippen LogP contribution < -0.4 is 10.2 Å². The van der Waals surface area contributed by atoms with Crippen LogP contribution >= 0.6 is 39.3 Å². The minimum atomic E-state index is -0.153. The molecule has 6 nitrogen and oxygen atoms in total. The van der Waals surface area contributed by atoms with Gasteiger partial charge < -0.3 is 14.6 Å². The maximum atomic E-state index is 12.5. The highest BCUT2D eigenvalue weighted by molar-refractivity contribution is 9.10. The van der Waals surface area contributed by atoms with Crippen LogP contribution in [0.1, 0.15) is 12.8 Å². The van der Waals surface area contributed by atoms with E-state index in [0.29, 0.717) is 16.1 Å². The Morgan fingerprint density at radius 3 is 2.83 bits per heavy atom. The number of benzene rings is 2. The van der Waals surface area contributed by atoms with Gasteiger partial charge in [0.25, 0.3) is 5.22 Å². The summed E-state index contributed by atoms with van der Waals surface area (Å²) in [4.78, 5) is 14.8. The summed E-state index contributed by atoms with van der Waals surface area (Å²) >= 11 is 10.8. The lowest BCUT2D eigenvalue weighted by molar-refractivity contribution is -0.113. The molecule has 1 amide bonds. The Labute approximate surface area is 186 Å². The van der Waals surface area contributed by atoms with E-state index in [2.05, 4.69) is 36.3 Å². The summed E-state index contributed by atoms with van der Waals surface area (Å²) in [6.07, 6.45) is 2.31. The average molecular weight is 494 g/mol. The zero-order valence-corrected chi connectivity index (χ0v) is 18.6. The zero-order valence-electron chi connectivity index (χ0n) is 15.4. The number of rotatable bonds is 6. The van der Waals surface area contributed by atoms with Crippen molar-refractivity contribution in [1.29, 1.82) is 0 Å². The fourth-order valence-electron chi connectivity index (χ4n) is 3.16. The maximum absolute atomic E-state index is 12.5. The average Bonchev–Trinajstić information content (AvgIpc) is 3.39. The molecule has 1 N–H and O–H groups in total. The van der Waals surface area contributed by atoms with Crippen molar-refractivity contribution in [3.63, 3.8) is 0 Å². The lowest BCUT2D eigenvalue weighted by Crippen LogP contribution is -2.21. The van der Waals surface area contributed by atoms with Crippen LogP contribution in [0.15, 0.2) is 56.6 Å². The van der Waals surface area contributed by atoms with E-state index in [4.69, 9.17) is 16.0 Å². The Morgan fingerprint density at radius 2 is 2.03 bits per heavy atom. The van der Waals surface area contributed by atoms with Gasteiger partial charge in [-0.25, -0.2) is 0 Å². The molecule has 0 spiro atoms. The first-order chi connectivity index (χ1) is 14.1. The molecule has 3 aromatic rings. The second-order valence-corrected chi connectivity index (χ2v) is 8.85. The van der Waals surface area contributed by atoms with Crippen molar-refractivity contribution in [3.05, 3.63) is 52.0 Å². The number of nitrogens with zero attached hydrogens (tertiary/aromatic N) is 3. The number of carbonyl (C=O) groups excluding carboxylic acids is 1. The van der Waals surface area contributed by atoms with Gasteiger partial charge in [0, 0.05) is 28.1 Å². The van der Waals surface area contributed by atoms with Crippen LogP contribution in [0.3, 0.4) is 0 Å². The Hall–Kier alpha value is -2.03. The zero-order chi connectivity index (χ0) is 20.2. The fourth-order valence-corrected chi connectivity index (χ4v) is 4.30. The minimum absolute atomic E-state index is 0.153. The molecule has 0 atom stereocenters. The van der Waals surface area contributed by atoms with E-state index in [1.807, 2.05) is 36.4 Å². The van der Waals surface area contributed by atoms with Crippen molar-refractivity contribution in [1.82, 2.24) is 10.2 Å². The molecule has 150 valence electrons. The van der Waals surface area contributed by atoms with E-state index in [1.54, 1.807) is 6.07 Å². The number of hydrogen-bond acceptors (Lipinski definition) is 6. The molecule has 0 bridgehead atoms. The van der Waals surface area contributed by atoms with Crippen molar-refractivity contribution in [2.24, 2.45) is 0 Å². The number of thioether (sulfide) groups is 1. The number of aromatic nitrogens is 2. The number of anilines is 2. The third kappa shape index (κ3) is 5.12. The van der Waals surface area contributed by atoms with Gasteiger partial charge in [-0.1, -0.05) is 45.4 Å². The smallest absolute Gasteiger partial charge is 0.277 e. The number of halogens is 2. The highest BCUT2D eigenvalue weighted by Crippen LogP contribution is 2.32. The molecule has 9 heteroatoms. The van der Waals surface area contributed by atoms with Crippen LogP contribution in [0.25, 0.3) is 11.5 Å². The molecule has 1 aliphatic heterocycles. The van der Waals surface area contributed by atoms with Gasteiger partial charge in [0.2, 0.25) is 11.8 Å². The molecule has 1 aromatic heterocycles. The Balaban J connectivity index is 1.39. The third-order valence-corrected chi connectivity index (χ3v) is 6.03. The monoisotopic (exact) mass is 492 g/mol. The number of hydrogen-bond donors (Lipinski definition) is 1. The van der Waals surface area contributed by atoms with Crippen LogP contribution in [0, 0.1) is 0 Å². The molecule has 1 fully saturated rings. The molecule has 2 heterocycles. The Morgan fingerprint density at radius 1 is 1.21 bits per heavy atom. The minimum Gasteiger partial charge on any atom is -0.411 e. The van der Waals surface area contributed by atoms with Crippen molar-refractivity contribution < 1.29 is 9.21 Å². The van der Waals surface area contributed by atoms with E-state index in [1.165, 1.54) is 11.8 Å². The molecule has 4 rings (SSSR count). The number of carbonyl (C=O) groups is 1. The van der Waals surface area contributed by atoms with Crippen molar-refractivity contribution >= 4 is 56.6 Å². The molecule has 1 saturated heterocycles. The molecular weight excluding hydrogens is 476 g/mol. The summed E-state index contributed by atoms with van der Waals surface area (Å²) < 4.78 is 6.59. The number of nitrogens with one attached hydrogen (secondary N) is 1. The first kappa shape index (κ1) is 20.3. The van der Waals surface area contributed by atoms with Crippen LogP contribution in [-0.2, 0) is 4.79 Å². The summed E-state index contributed by atoms with van der Waals surface area (Å²) in [7, 11) is 0. The van der Waals surface area contributed by atoms with E-state index in [0.717, 1.165) is 47.3 Å². The molecule has 0 saturated carbocycles. The highest BCUT2D eigenvalue weighted by atomic mass is 79.9. The van der Waals surface area contributed by atoms with Gasteiger partial charge in [0.15, 0.2) is 0 Å². The summed E-state index contributed by atoms with van der Waals surface area (Å²) in [5, 5.41) is 12.0. The van der Waals surface area contributed by atoms with E-state index < -0.39 is 0 Å². The Kier molecular flexibility index (Phi) is 6.42. The summed E-state index contributed by atoms with van der Waals surface area (Å²) in [6.45, 7) is 1.97. The summed E-state index contributed by atoms with van der Waals surface area (Å²) in [6, 6.07) is 13.2. The van der Waals surface area contributed by atoms with Crippen molar-refractivity contribution in [3.8, 4) is 11.5 Å². The van der Waals surface area contributed by atoms with Crippen LogP contribution in [0.2, 0.25) is 5.02 Å². The van der Waals surface area contributed by atoms with Crippen LogP contribution in [0.5, 0.6) is 0 Å². The van der Waals surface area contributed by atoms with Crippen molar-refractivity contribution in [2.75, 3.05) is 29.1 Å². The highest BCUT2D eigenvalue weighted by Gasteiger charge is 2.18. The first-order valence-electron chi connectivity index (χ1n) is 9.15. The predicted octanol–water partition coefficient (Wildman–Crippen LogP) is 5.48. The maximum Gasteiger partial charge on any atom is 0.277 e. The SMILES string of the molecule is O=C(CSc1nnc(-c2cccc(Br)c2)o1)Nc1cc(Cl)ccc1N1CCCC1. The molecule has 0 aliphatic carbocycles. The second-order valence-electron chi connectivity index (χ2n) is 6.58. The quantitative estimate of drug-likeness (QED) is 0.458. The van der Waals surface area contributed by atoms with Crippen LogP contribution in [0.4, 0.5) is 11.4 Å². The first-order valence-corrected chi connectivity index (χ1v) is 11.3. The molecule has 2 aromatic carbocycles. The van der Waals surface area contributed by atoms with Gasteiger partial charge in [-0.15, -0.1) is 10.2 Å². The van der Waals surface area contributed by atoms with Gasteiger partial charge >= 0.3 is 0 Å². The third-order valence-electron chi connectivity index (χ3n) is 4.48. The molecule has 1 aliphatic rings. The lowest BCUT2D eigenvalue weighted by Gasteiger charge is -2.21. The van der Waals surface area contributed by atoms with Crippen molar-refractivity contribution in [2.45, 2.75) is 18.1 Å². The van der Waals surface area contributed by atoms with E-state index in [-0.39, 0.29) is 11.7 Å². The fraction of sp³-hybridized carbons (Fsp3) is 0.250. The summed E-state index contributed by atoms with van der Waals surface area (Å²) in [5.74, 6) is 0.423. The van der Waals surface area contributed by atoms with Gasteiger partial charge in [0.05, 0.1) is 17.1 Å². The molecule has 0 unspecified atom stereocenters. The standard InChI is InChI=1S/C20H18BrClN4O2S/c21-14-5-3-4-13(10-14)19-24-25-20(28-19)29-12-18(27)23-16-11-15(22)6-7-17(16)26-8-1-2-9-26/h3-7,10-11H,1-2,8-9,12H2,(H,23,27). The van der Waals surface area contributed by atoms with E-state index in [9.17, 15) is 4.79 Å². The van der Waals surface area contributed by atoms with Gasteiger partial charge in [-0.2, -0.15) is 0 Å². The van der Waals surface area contributed by atoms with Crippen LogP contribution in [-0.4, -0.2) is 34.9 Å². The van der Waals surface area contributed by atoms with E-state index >= 15 is 0 Å². The topological polar surface area (TPSA) is 71.3 Å². The lowest BCUT2D eigenvalue weighted by atomic mass is 10.2. The van der Waals surface area contributed by atoms with Gasteiger partial charge in [-0.05, 0) is 49.2 Å². The molecule has 29 heavy (non-hydrogen) atoms.